The third-order valence-corrected chi connectivity index (χ3v) is 2.94. The van der Waals surface area contributed by atoms with Crippen molar-refractivity contribution >= 4 is 11.1 Å². The van der Waals surface area contributed by atoms with Gasteiger partial charge in [-0.05, 0) is 26.0 Å². The van der Waals surface area contributed by atoms with E-state index >= 15 is 0 Å². The standard InChI is InChI=1S/C14H11FN2O2/c1-8-9(2)18-13-12(8)14(17-7-16-13)19-11-5-3-4-10(15)6-11/h3-7H,1-2H3. The predicted molar refractivity (Wildman–Crippen MR) is 67.8 cm³/mol. The molecule has 0 saturated carbocycles. The SMILES string of the molecule is Cc1oc2ncnc(Oc3cccc(F)c3)c2c1C. The van der Waals surface area contributed by atoms with Crippen molar-refractivity contribution in [3.8, 4) is 11.6 Å². The highest BCUT2D eigenvalue weighted by atomic mass is 19.1. The van der Waals surface area contributed by atoms with Crippen molar-refractivity contribution in [1.82, 2.24) is 9.97 Å². The summed E-state index contributed by atoms with van der Waals surface area (Å²) in [7, 11) is 0. The van der Waals surface area contributed by atoms with Crippen LogP contribution in [0.25, 0.3) is 11.1 Å². The van der Waals surface area contributed by atoms with Crippen LogP contribution in [0.4, 0.5) is 4.39 Å². The Balaban J connectivity index is 2.10. The second kappa shape index (κ2) is 4.35. The fourth-order valence-corrected chi connectivity index (χ4v) is 1.87. The molecule has 3 aromatic rings. The van der Waals surface area contributed by atoms with E-state index in [9.17, 15) is 4.39 Å². The molecule has 0 aliphatic heterocycles. The number of benzene rings is 1. The highest BCUT2D eigenvalue weighted by Crippen LogP contribution is 2.32. The third kappa shape index (κ3) is 2.03. The van der Waals surface area contributed by atoms with Gasteiger partial charge in [-0.25, -0.2) is 14.4 Å². The third-order valence-electron chi connectivity index (χ3n) is 2.94. The molecule has 96 valence electrons. The van der Waals surface area contributed by atoms with Crippen LogP contribution in [0.5, 0.6) is 11.6 Å². The van der Waals surface area contributed by atoms with Gasteiger partial charge < -0.3 is 9.15 Å². The lowest BCUT2D eigenvalue weighted by Crippen LogP contribution is -1.91. The van der Waals surface area contributed by atoms with Gasteiger partial charge in [0.1, 0.15) is 29.0 Å². The molecule has 0 N–H and O–H groups in total. The van der Waals surface area contributed by atoms with Crippen LogP contribution in [-0.4, -0.2) is 9.97 Å². The number of halogens is 1. The van der Waals surface area contributed by atoms with Crippen LogP contribution in [0.2, 0.25) is 0 Å². The molecule has 2 heterocycles. The summed E-state index contributed by atoms with van der Waals surface area (Å²) in [6, 6.07) is 5.90. The first-order chi connectivity index (χ1) is 9.15. The van der Waals surface area contributed by atoms with Crippen molar-refractivity contribution in [2.24, 2.45) is 0 Å². The van der Waals surface area contributed by atoms with Crippen molar-refractivity contribution in [2.75, 3.05) is 0 Å². The van der Waals surface area contributed by atoms with Gasteiger partial charge in [0.2, 0.25) is 11.6 Å². The molecular weight excluding hydrogens is 247 g/mol. The van der Waals surface area contributed by atoms with Gasteiger partial charge in [-0.15, -0.1) is 0 Å². The molecule has 0 spiro atoms. The van der Waals surface area contributed by atoms with E-state index in [1.807, 2.05) is 13.8 Å². The minimum absolute atomic E-state index is 0.358. The first-order valence-corrected chi connectivity index (χ1v) is 5.79. The van der Waals surface area contributed by atoms with Crippen LogP contribution in [0.1, 0.15) is 11.3 Å². The Morgan fingerprint density at radius 3 is 2.84 bits per heavy atom. The van der Waals surface area contributed by atoms with Crippen molar-refractivity contribution in [2.45, 2.75) is 13.8 Å². The summed E-state index contributed by atoms with van der Waals surface area (Å²) < 4.78 is 24.2. The lowest BCUT2D eigenvalue weighted by atomic mass is 10.2. The maximum atomic E-state index is 13.1. The summed E-state index contributed by atoms with van der Waals surface area (Å²) in [6.07, 6.45) is 1.36. The van der Waals surface area contributed by atoms with Crippen LogP contribution < -0.4 is 4.74 Å². The Kier molecular flexibility index (Phi) is 2.67. The summed E-state index contributed by atoms with van der Waals surface area (Å²) >= 11 is 0. The van der Waals surface area contributed by atoms with Crippen molar-refractivity contribution < 1.29 is 13.5 Å². The zero-order chi connectivity index (χ0) is 13.4. The van der Waals surface area contributed by atoms with Crippen LogP contribution in [0.15, 0.2) is 35.0 Å². The molecule has 19 heavy (non-hydrogen) atoms. The Labute approximate surface area is 108 Å². The average Bonchev–Trinajstić information content (AvgIpc) is 2.66. The van der Waals surface area contributed by atoms with Gasteiger partial charge in [-0.1, -0.05) is 6.07 Å². The van der Waals surface area contributed by atoms with E-state index in [1.165, 1.54) is 18.5 Å². The Morgan fingerprint density at radius 2 is 2.05 bits per heavy atom. The molecule has 3 rings (SSSR count). The van der Waals surface area contributed by atoms with E-state index in [-0.39, 0.29) is 5.82 Å². The summed E-state index contributed by atoms with van der Waals surface area (Å²) in [5.41, 5.74) is 1.39. The van der Waals surface area contributed by atoms with Gasteiger partial charge in [-0.2, -0.15) is 0 Å². The topological polar surface area (TPSA) is 48.2 Å². The molecule has 2 aromatic heterocycles. The zero-order valence-electron chi connectivity index (χ0n) is 10.5. The van der Waals surface area contributed by atoms with Crippen LogP contribution >= 0.6 is 0 Å². The first kappa shape index (κ1) is 11.6. The maximum absolute atomic E-state index is 13.1. The molecule has 4 nitrogen and oxygen atoms in total. The summed E-state index contributed by atoms with van der Waals surface area (Å²) in [4.78, 5) is 8.14. The number of nitrogens with zero attached hydrogens (tertiary/aromatic N) is 2. The molecular formula is C14H11FN2O2. The van der Waals surface area contributed by atoms with E-state index in [2.05, 4.69) is 9.97 Å². The summed E-state index contributed by atoms with van der Waals surface area (Å²) in [5, 5.41) is 0.712. The van der Waals surface area contributed by atoms with Crippen LogP contribution in [0, 0.1) is 19.7 Å². The molecule has 0 fully saturated rings. The largest absolute Gasteiger partial charge is 0.443 e. The van der Waals surface area contributed by atoms with E-state index in [0.29, 0.717) is 22.7 Å². The summed E-state index contributed by atoms with van der Waals surface area (Å²) in [5.74, 6) is 1.16. The van der Waals surface area contributed by atoms with Gasteiger partial charge in [0.25, 0.3) is 0 Å². The normalized spacial score (nSPS) is 10.9. The minimum atomic E-state index is -0.358. The molecule has 0 radical (unpaired) electrons. The van der Waals surface area contributed by atoms with Gasteiger partial charge >= 0.3 is 0 Å². The highest BCUT2D eigenvalue weighted by Gasteiger charge is 2.15. The number of hydrogen-bond acceptors (Lipinski definition) is 4. The fourth-order valence-electron chi connectivity index (χ4n) is 1.87. The summed E-state index contributed by atoms with van der Waals surface area (Å²) in [6.45, 7) is 3.76. The van der Waals surface area contributed by atoms with Crippen molar-refractivity contribution in [1.29, 1.82) is 0 Å². The predicted octanol–water partition coefficient (Wildman–Crippen LogP) is 3.77. The van der Waals surface area contributed by atoms with E-state index < -0.39 is 0 Å². The number of aryl methyl sites for hydroxylation is 2. The molecule has 0 atom stereocenters. The lowest BCUT2D eigenvalue weighted by Gasteiger charge is -2.05. The van der Waals surface area contributed by atoms with E-state index in [4.69, 9.17) is 9.15 Å². The molecule has 0 aliphatic carbocycles. The number of hydrogen-bond donors (Lipinski definition) is 0. The average molecular weight is 258 g/mol. The van der Waals surface area contributed by atoms with Crippen LogP contribution in [0.3, 0.4) is 0 Å². The number of ether oxygens (including phenoxy) is 1. The maximum Gasteiger partial charge on any atom is 0.233 e. The first-order valence-electron chi connectivity index (χ1n) is 5.79. The Hall–Kier alpha value is -2.43. The van der Waals surface area contributed by atoms with Crippen molar-refractivity contribution in [3.05, 3.63) is 47.7 Å². The van der Waals surface area contributed by atoms with Crippen LogP contribution in [-0.2, 0) is 0 Å². The Morgan fingerprint density at radius 1 is 1.21 bits per heavy atom. The molecule has 0 unspecified atom stereocenters. The zero-order valence-corrected chi connectivity index (χ0v) is 10.5. The fraction of sp³-hybridized carbons (Fsp3) is 0.143. The number of rotatable bonds is 2. The van der Waals surface area contributed by atoms with E-state index in [1.54, 1.807) is 12.1 Å². The number of aromatic nitrogens is 2. The highest BCUT2D eigenvalue weighted by molar-refractivity contribution is 5.83. The monoisotopic (exact) mass is 258 g/mol. The Bertz CT molecular complexity index is 752. The number of furan rings is 1. The minimum Gasteiger partial charge on any atom is -0.443 e. The smallest absolute Gasteiger partial charge is 0.233 e. The van der Waals surface area contributed by atoms with Gasteiger partial charge in [0, 0.05) is 11.6 Å². The molecule has 5 heteroatoms. The quantitative estimate of drug-likeness (QED) is 0.702. The molecule has 0 amide bonds. The van der Waals surface area contributed by atoms with Gasteiger partial charge in [-0.3, -0.25) is 0 Å². The number of fused-ring (bicyclic) bond motifs is 1. The molecule has 0 bridgehead atoms. The van der Waals surface area contributed by atoms with Gasteiger partial charge in [0.05, 0.1) is 0 Å². The second-order valence-electron chi connectivity index (χ2n) is 4.20. The molecule has 0 saturated heterocycles. The molecule has 0 aliphatic rings. The lowest BCUT2D eigenvalue weighted by molar-refractivity contribution is 0.462. The second-order valence-corrected chi connectivity index (χ2v) is 4.20. The molecule has 1 aromatic carbocycles. The van der Waals surface area contributed by atoms with E-state index in [0.717, 1.165) is 11.3 Å². The van der Waals surface area contributed by atoms with Gasteiger partial charge in [0.15, 0.2) is 0 Å². The van der Waals surface area contributed by atoms with Crippen molar-refractivity contribution in [3.63, 3.8) is 0 Å².